The maximum atomic E-state index is 13.7. The van der Waals surface area contributed by atoms with Crippen molar-refractivity contribution in [3.05, 3.63) is 57.8 Å². The summed E-state index contributed by atoms with van der Waals surface area (Å²) in [7, 11) is 0. The molecule has 7 heteroatoms. The molecule has 1 heterocycles. The van der Waals surface area contributed by atoms with Crippen LogP contribution in [0.1, 0.15) is 23.2 Å². The summed E-state index contributed by atoms with van der Waals surface area (Å²) in [5.41, 5.74) is 1.77. The molecule has 28 heavy (non-hydrogen) atoms. The van der Waals surface area contributed by atoms with Crippen LogP contribution in [0.3, 0.4) is 0 Å². The average Bonchev–Trinajstić information content (AvgIpc) is 3.49. The van der Waals surface area contributed by atoms with E-state index in [-0.39, 0.29) is 15.6 Å². The Morgan fingerprint density at radius 1 is 1.07 bits per heavy atom. The Bertz CT molecular complexity index is 880. The lowest BCUT2D eigenvalue weighted by atomic mass is 10.2. The second kappa shape index (κ2) is 8.27. The minimum absolute atomic E-state index is 0.0580. The molecule has 1 aliphatic carbocycles. The first kappa shape index (κ1) is 19.5. The standard InChI is InChI=1S/C21H22Cl2FN3O/c22-18-12-19(23)20(24)11-17(18)21(28)25-15-2-1-3-16(10-15)27-8-6-26(7-9-27)13-14-4-5-14/h1-3,10-12,14H,4-9,13H2,(H,25,28). The Hall–Kier alpha value is -1.82. The summed E-state index contributed by atoms with van der Waals surface area (Å²) < 4.78 is 13.7. The first-order chi connectivity index (χ1) is 13.5. The van der Waals surface area contributed by atoms with E-state index in [9.17, 15) is 9.18 Å². The highest BCUT2D eigenvalue weighted by atomic mass is 35.5. The summed E-state index contributed by atoms with van der Waals surface area (Å²) in [6, 6.07) is 10.0. The van der Waals surface area contributed by atoms with Crippen molar-refractivity contribution in [1.29, 1.82) is 0 Å². The zero-order valence-electron chi connectivity index (χ0n) is 15.4. The molecule has 1 aliphatic heterocycles. The van der Waals surface area contributed by atoms with Gasteiger partial charge in [-0.3, -0.25) is 9.69 Å². The van der Waals surface area contributed by atoms with Crippen molar-refractivity contribution in [3.63, 3.8) is 0 Å². The van der Waals surface area contributed by atoms with Crippen LogP contribution in [0.4, 0.5) is 15.8 Å². The quantitative estimate of drug-likeness (QED) is 0.696. The van der Waals surface area contributed by atoms with Crippen molar-refractivity contribution >= 4 is 40.5 Å². The van der Waals surface area contributed by atoms with Gasteiger partial charge in [-0.05, 0) is 49.1 Å². The van der Waals surface area contributed by atoms with E-state index in [0.29, 0.717) is 5.69 Å². The molecule has 2 aliphatic rings. The first-order valence-corrected chi connectivity index (χ1v) is 10.3. The number of piperazine rings is 1. The Kier molecular flexibility index (Phi) is 5.76. The predicted octanol–water partition coefficient (Wildman–Crippen LogP) is 4.92. The summed E-state index contributed by atoms with van der Waals surface area (Å²) in [4.78, 5) is 17.4. The number of anilines is 2. The number of nitrogens with zero attached hydrogens (tertiary/aromatic N) is 2. The molecule has 1 saturated heterocycles. The molecular formula is C21H22Cl2FN3O. The zero-order valence-corrected chi connectivity index (χ0v) is 16.9. The van der Waals surface area contributed by atoms with Gasteiger partial charge in [0.05, 0.1) is 15.6 Å². The van der Waals surface area contributed by atoms with Crippen LogP contribution in [0.25, 0.3) is 0 Å². The maximum Gasteiger partial charge on any atom is 0.257 e. The van der Waals surface area contributed by atoms with E-state index in [1.807, 2.05) is 24.3 Å². The molecule has 2 aromatic rings. The molecule has 0 unspecified atom stereocenters. The van der Waals surface area contributed by atoms with Crippen LogP contribution >= 0.6 is 23.2 Å². The third kappa shape index (κ3) is 4.59. The van der Waals surface area contributed by atoms with Crippen LogP contribution in [0, 0.1) is 11.7 Å². The van der Waals surface area contributed by atoms with E-state index in [0.717, 1.165) is 43.9 Å². The monoisotopic (exact) mass is 421 g/mol. The normalized spacial score (nSPS) is 17.6. The van der Waals surface area contributed by atoms with Gasteiger partial charge in [-0.25, -0.2) is 4.39 Å². The molecule has 0 radical (unpaired) electrons. The largest absolute Gasteiger partial charge is 0.369 e. The summed E-state index contributed by atoms with van der Waals surface area (Å²) in [6.45, 7) is 5.29. The number of carbonyl (C=O) groups excluding carboxylic acids is 1. The maximum absolute atomic E-state index is 13.7. The summed E-state index contributed by atoms with van der Waals surface area (Å²) >= 11 is 11.7. The van der Waals surface area contributed by atoms with E-state index in [2.05, 4.69) is 15.1 Å². The van der Waals surface area contributed by atoms with Crippen LogP contribution in [0.15, 0.2) is 36.4 Å². The van der Waals surface area contributed by atoms with Gasteiger partial charge >= 0.3 is 0 Å². The minimum Gasteiger partial charge on any atom is -0.369 e. The van der Waals surface area contributed by atoms with Crippen molar-refractivity contribution in [2.45, 2.75) is 12.8 Å². The molecule has 148 valence electrons. The molecule has 4 nitrogen and oxygen atoms in total. The molecule has 4 rings (SSSR count). The number of hydrogen-bond donors (Lipinski definition) is 1. The molecule has 0 spiro atoms. The van der Waals surface area contributed by atoms with E-state index < -0.39 is 11.7 Å². The Balaban J connectivity index is 1.41. The fraction of sp³-hybridized carbons (Fsp3) is 0.381. The highest BCUT2D eigenvalue weighted by Crippen LogP contribution is 2.30. The van der Waals surface area contributed by atoms with Gasteiger partial charge in [0.15, 0.2) is 0 Å². The number of rotatable bonds is 5. The number of benzene rings is 2. The van der Waals surface area contributed by atoms with Gasteiger partial charge in [0.25, 0.3) is 5.91 Å². The number of carbonyl (C=O) groups is 1. The summed E-state index contributed by atoms with van der Waals surface area (Å²) in [5.74, 6) is -0.226. The van der Waals surface area contributed by atoms with E-state index in [1.165, 1.54) is 25.5 Å². The number of hydrogen-bond acceptors (Lipinski definition) is 3. The molecule has 1 N–H and O–H groups in total. The summed E-state index contributed by atoms with van der Waals surface area (Å²) in [6.07, 6.45) is 2.76. The predicted molar refractivity (Wildman–Crippen MR) is 112 cm³/mol. The van der Waals surface area contributed by atoms with Crippen LogP contribution in [-0.2, 0) is 0 Å². The van der Waals surface area contributed by atoms with Gasteiger partial charge in [-0.15, -0.1) is 0 Å². The van der Waals surface area contributed by atoms with Gasteiger partial charge in [0.1, 0.15) is 5.82 Å². The Morgan fingerprint density at radius 2 is 1.82 bits per heavy atom. The van der Waals surface area contributed by atoms with Crippen LogP contribution in [0.5, 0.6) is 0 Å². The van der Waals surface area contributed by atoms with Crippen molar-refractivity contribution in [2.24, 2.45) is 5.92 Å². The lowest BCUT2D eigenvalue weighted by Gasteiger charge is -2.36. The van der Waals surface area contributed by atoms with E-state index in [1.54, 1.807) is 0 Å². The Morgan fingerprint density at radius 3 is 2.54 bits per heavy atom. The topological polar surface area (TPSA) is 35.6 Å². The minimum atomic E-state index is -0.672. The fourth-order valence-corrected chi connectivity index (χ4v) is 4.00. The number of halogens is 3. The van der Waals surface area contributed by atoms with E-state index in [4.69, 9.17) is 23.2 Å². The average molecular weight is 422 g/mol. The molecule has 2 aromatic carbocycles. The number of nitrogens with one attached hydrogen (secondary N) is 1. The molecule has 2 fully saturated rings. The van der Waals surface area contributed by atoms with Gasteiger partial charge < -0.3 is 10.2 Å². The lowest BCUT2D eigenvalue weighted by Crippen LogP contribution is -2.47. The SMILES string of the molecule is O=C(Nc1cccc(N2CCN(CC3CC3)CC2)c1)c1cc(F)c(Cl)cc1Cl. The van der Waals surface area contributed by atoms with Crippen molar-refractivity contribution in [3.8, 4) is 0 Å². The van der Waals surface area contributed by atoms with Gasteiger partial charge in [-0.2, -0.15) is 0 Å². The second-order valence-electron chi connectivity index (χ2n) is 7.48. The highest BCUT2D eigenvalue weighted by Gasteiger charge is 2.26. The summed E-state index contributed by atoms with van der Waals surface area (Å²) in [5, 5.41) is 2.81. The van der Waals surface area contributed by atoms with E-state index >= 15 is 0 Å². The second-order valence-corrected chi connectivity index (χ2v) is 8.30. The van der Waals surface area contributed by atoms with Gasteiger partial charge in [0, 0.05) is 44.1 Å². The van der Waals surface area contributed by atoms with Crippen molar-refractivity contribution in [1.82, 2.24) is 4.90 Å². The molecule has 0 atom stereocenters. The first-order valence-electron chi connectivity index (χ1n) is 9.53. The Labute approximate surface area is 174 Å². The van der Waals surface area contributed by atoms with Gasteiger partial charge in [0.2, 0.25) is 0 Å². The van der Waals surface area contributed by atoms with Crippen LogP contribution in [0.2, 0.25) is 10.0 Å². The zero-order chi connectivity index (χ0) is 19.7. The molecule has 0 bridgehead atoms. The van der Waals surface area contributed by atoms with Crippen molar-refractivity contribution < 1.29 is 9.18 Å². The third-order valence-corrected chi connectivity index (χ3v) is 5.91. The van der Waals surface area contributed by atoms with Crippen LogP contribution < -0.4 is 10.2 Å². The molecular weight excluding hydrogens is 400 g/mol. The number of amides is 1. The molecule has 1 amide bonds. The van der Waals surface area contributed by atoms with Gasteiger partial charge in [-0.1, -0.05) is 29.3 Å². The van der Waals surface area contributed by atoms with Crippen LogP contribution in [-0.4, -0.2) is 43.5 Å². The highest BCUT2D eigenvalue weighted by molar-refractivity contribution is 6.37. The molecule has 1 saturated carbocycles. The molecule has 0 aromatic heterocycles. The lowest BCUT2D eigenvalue weighted by molar-refractivity contribution is 0.102. The third-order valence-electron chi connectivity index (χ3n) is 5.31. The van der Waals surface area contributed by atoms with Crippen molar-refractivity contribution in [2.75, 3.05) is 42.9 Å². The fourth-order valence-electron chi connectivity index (χ4n) is 3.53. The smallest absolute Gasteiger partial charge is 0.257 e.